The predicted molar refractivity (Wildman–Crippen MR) is 78.7 cm³/mol. The minimum Gasteiger partial charge on any atom is -0.786 e. The van der Waals surface area contributed by atoms with Crippen molar-refractivity contribution in [2.75, 3.05) is 0 Å². The van der Waals surface area contributed by atoms with E-state index in [0.29, 0.717) is 0 Å². The smallest absolute Gasteiger partial charge is 0.336 e. The maximum Gasteiger partial charge on any atom is 0.336 e. The summed E-state index contributed by atoms with van der Waals surface area (Å²) in [5.74, 6) is -0.333. The SMILES string of the molecule is NC(N)=[NH2+].NC(N)=[NH2+].NC(N)=[NH2+].NC(N)=[NH2+].O=P([O-])([O-])F.O=P([O-])([O-])F. The van der Waals surface area contributed by atoms with Crippen LogP contribution in [-0.4, -0.2) is 23.8 Å². The van der Waals surface area contributed by atoms with E-state index in [1.165, 1.54) is 0 Å². The summed E-state index contributed by atoms with van der Waals surface area (Å²) in [6.07, 6.45) is 0. The summed E-state index contributed by atoms with van der Waals surface area (Å²) in [7, 11) is -11.3. The highest BCUT2D eigenvalue weighted by atomic mass is 31.2. The quantitative estimate of drug-likeness (QED) is 0.0952. The van der Waals surface area contributed by atoms with Gasteiger partial charge in [-0.25, -0.2) is 8.39 Å². The average molecular weight is 436 g/mol. The molecule has 18 nitrogen and oxygen atoms in total. The maximum absolute atomic E-state index is 10.1. The lowest BCUT2D eigenvalue weighted by Crippen LogP contribution is -2.51. The van der Waals surface area contributed by atoms with Crippen molar-refractivity contribution in [2.24, 2.45) is 45.9 Å². The summed E-state index contributed by atoms with van der Waals surface area (Å²) in [5, 5.41) is 18.3. The van der Waals surface area contributed by atoms with Gasteiger partial charge in [0, 0.05) is 0 Å². The van der Waals surface area contributed by atoms with Crippen LogP contribution in [0.25, 0.3) is 0 Å². The lowest BCUT2D eigenvalue weighted by molar-refractivity contribution is -0.330. The van der Waals surface area contributed by atoms with Crippen LogP contribution in [0.5, 0.6) is 0 Å². The first-order valence-electron chi connectivity index (χ1n) is 4.90. The molecular weight excluding hydrogens is 412 g/mol. The molecule has 22 heteroatoms. The first-order valence-corrected chi connectivity index (χ1v) is 7.76. The van der Waals surface area contributed by atoms with Crippen molar-refractivity contribution in [3.63, 3.8) is 0 Å². The molecule has 0 heterocycles. The van der Waals surface area contributed by atoms with Crippen molar-refractivity contribution in [1.29, 1.82) is 0 Å². The molecule has 0 spiro atoms. The Morgan fingerprint density at radius 3 is 0.538 bits per heavy atom. The Morgan fingerprint density at radius 2 is 0.538 bits per heavy atom. The van der Waals surface area contributed by atoms with Crippen LogP contribution in [0.15, 0.2) is 0 Å². The molecule has 0 aromatic heterocycles. The van der Waals surface area contributed by atoms with Gasteiger partial charge < -0.3 is 28.7 Å². The summed E-state index contributed by atoms with van der Waals surface area (Å²) in [5.41, 5.74) is 36.7. The summed E-state index contributed by atoms with van der Waals surface area (Å²) < 4.78 is 37.1. The van der Waals surface area contributed by atoms with Gasteiger partial charge in [0.2, 0.25) is 0 Å². The fraction of sp³-hybridized carbons (Fsp3) is 0. The molecule has 0 aliphatic carbocycles. The number of hydrogen-bond acceptors (Lipinski definition) is 6. The van der Waals surface area contributed by atoms with Gasteiger partial charge >= 0.3 is 23.8 Å². The first-order chi connectivity index (χ1) is 10.9. The van der Waals surface area contributed by atoms with Crippen LogP contribution < -0.4 is 87.1 Å². The summed E-state index contributed by atoms with van der Waals surface area (Å²) in [6, 6.07) is 0. The molecule has 0 atom stereocenters. The fourth-order valence-electron chi connectivity index (χ4n) is 0. The predicted octanol–water partition coefficient (Wildman–Crippen LogP) is -14.4. The van der Waals surface area contributed by atoms with Gasteiger partial charge in [-0.2, -0.15) is 0 Å². The Bertz CT molecular complexity index is 392. The van der Waals surface area contributed by atoms with Crippen molar-refractivity contribution in [1.82, 2.24) is 0 Å². The molecule has 0 aliphatic rings. The van der Waals surface area contributed by atoms with Crippen LogP contribution >= 0.6 is 15.8 Å². The summed E-state index contributed by atoms with van der Waals surface area (Å²) in [6.45, 7) is 0. The van der Waals surface area contributed by atoms with Gasteiger partial charge in [-0.15, -0.1) is 0 Å². The van der Waals surface area contributed by atoms with Crippen molar-refractivity contribution in [2.45, 2.75) is 0 Å². The Labute approximate surface area is 145 Å². The van der Waals surface area contributed by atoms with Gasteiger partial charge in [0.15, 0.2) is 0 Å². The lowest BCUT2D eigenvalue weighted by atomic mass is 11.1. The molecule has 0 bridgehead atoms. The third kappa shape index (κ3) is 1140. The summed E-state index contributed by atoms with van der Waals surface area (Å²) >= 11 is 0. The molecule has 0 unspecified atom stereocenters. The zero-order valence-corrected chi connectivity index (χ0v) is 14.8. The number of nitrogens with two attached hydrogens (primary N) is 12. The number of rotatable bonds is 0. The minimum atomic E-state index is -5.64. The van der Waals surface area contributed by atoms with Crippen LogP contribution in [0.4, 0.5) is 8.39 Å². The van der Waals surface area contributed by atoms with Gasteiger partial charge in [0.05, 0.1) is 0 Å². The third-order valence-corrected chi connectivity index (χ3v) is 0. The van der Waals surface area contributed by atoms with Crippen LogP contribution in [0, 0.1) is 0 Å². The first kappa shape index (κ1) is 38.7. The monoisotopic (exact) mass is 436 g/mol. The van der Waals surface area contributed by atoms with Gasteiger partial charge in [0.1, 0.15) is 15.8 Å². The standard InChI is InChI=1S/4CH5N3.2FH2O3P/c4*2-1(3)4;2*1-5(2,3)4/h4*(H5,2,3,4);2*(H2,2,3,4). The van der Waals surface area contributed by atoms with E-state index >= 15 is 0 Å². The van der Waals surface area contributed by atoms with E-state index in [2.05, 4.69) is 67.5 Å². The molecule has 24 N–H and O–H groups in total. The van der Waals surface area contributed by atoms with E-state index in [1.807, 2.05) is 0 Å². The minimum absolute atomic E-state index is 0.0833. The zero-order valence-electron chi connectivity index (χ0n) is 13.0. The van der Waals surface area contributed by atoms with Crippen LogP contribution in [0.3, 0.4) is 0 Å². The number of hydrogen-bond donors (Lipinski definition) is 12. The second-order valence-corrected chi connectivity index (χ2v) is 4.58. The molecule has 0 amide bonds. The van der Waals surface area contributed by atoms with Gasteiger partial charge in [-0.1, -0.05) is 0 Å². The van der Waals surface area contributed by atoms with E-state index in [4.69, 9.17) is 28.7 Å². The highest BCUT2D eigenvalue weighted by Gasteiger charge is 1.70. The number of guanidine groups is 4. The van der Waals surface area contributed by atoms with Crippen molar-refractivity contribution < 1.29 is 58.7 Å². The van der Waals surface area contributed by atoms with E-state index in [-0.39, 0.29) is 23.8 Å². The molecular formula is C4H24F2N12O6P2. The van der Waals surface area contributed by atoms with E-state index in [0.717, 1.165) is 0 Å². The average Bonchev–Trinajstić information content (AvgIpc) is 2.03. The zero-order chi connectivity index (χ0) is 23.3. The van der Waals surface area contributed by atoms with E-state index in [9.17, 15) is 8.39 Å². The topological polar surface area (TPSA) is 437 Å². The Kier molecular flexibility index (Phi) is 33.1. The fourth-order valence-corrected chi connectivity index (χ4v) is 0. The largest absolute Gasteiger partial charge is 0.786 e. The highest BCUT2D eigenvalue weighted by molar-refractivity contribution is 7.42. The van der Waals surface area contributed by atoms with Crippen molar-refractivity contribution >= 4 is 39.7 Å². The molecule has 0 fully saturated rings. The normalized spacial score (nSPS) is 8.23. The molecule has 0 aliphatic heterocycles. The van der Waals surface area contributed by atoms with Crippen LogP contribution in [-0.2, 0) is 9.13 Å². The molecule has 0 rings (SSSR count). The maximum atomic E-state index is 10.1. The second kappa shape index (κ2) is 22.2. The van der Waals surface area contributed by atoms with Gasteiger partial charge in [-0.05, 0) is 0 Å². The molecule has 0 saturated heterocycles. The van der Waals surface area contributed by atoms with Crippen molar-refractivity contribution in [3.05, 3.63) is 0 Å². The van der Waals surface area contributed by atoms with E-state index < -0.39 is 15.8 Å². The Balaban J connectivity index is -0.0000000463. The second-order valence-electron chi connectivity index (χ2n) is 2.86. The molecule has 26 heavy (non-hydrogen) atoms. The molecule has 0 aromatic rings. The van der Waals surface area contributed by atoms with Gasteiger partial charge in [0.25, 0.3) is 0 Å². The summed E-state index contributed by atoms with van der Waals surface area (Å²) in [4.78, 5) is 33.8. The number of halogens is 2. The highest BCUT2D eigenvalue weighted by Crippen LogP contribution is 2.22. The van der Waals surface area contributed by atoms with Gasteiger partial charge in [-0.3, -0.25) is 67.5 Å². The van der Waals surface area contributed by atoms with Crippen LogP contribution in [0.2, 0.25) is 0 Å². The Morgan fingerprint density at radius 1 is 0.538 bits per heavy atom. The van der Waals surface area contributed by atoms with E-state index in [1.54, 1.807) is 0 Å². The molecule has 0 saturated carbocycles. The molecule has 160 valence electrons. The molecule has 0 aromatic carbocycles. The Hall–Kier alpha value is -2.76. The van der Waals surface area contributed by atoms with Crippen molar-refractivity contribution in [3.8, 4) is 0 Å². The third-order valence-electron chi connectivity index (χ3n) is 0. The molecule has 0 radical (unpaired) electrons. The lowest BCUT2D eigenvalue weighted by Gasteiger charge is -2.15. The van der Waals surface area contributed by atoms with Crippen LogP contribution in [0.1, 0.15) is 0 Å².